The number of halogens is 1. The number of amides is 1. The van der Waals surface area contributed by atoms with Crippen LogP contribution in [0.4, 0.5) is 5.69 Å². The van der Waals surface area contributed by atoms with Crippen LogP contribution in [0.15, 0.2) is 47.5 Å². The molecule has 2 aliphatic heterocycles. The zero-order valence-corrected chi connectivity index (χ0v) is 25.6. The number of aryl methyl sites for hydroxylation is 1. The third-order valence-electron chi connectivity index (χ3n) is 8.30. The molecule has 228 valence electrons. The van der Waals surface area contributed by atoms with E-state index in [9.17, 15) is 14.7 Å². The summed E-state index contributed by atoms with van der Waals surface area (Å²) < 4.78 is 17.2. The smallest absolute Gasteiger partial charge is 0.305 e. The van der Waals surface area contributed by atoms with E-state index >= 15 is 0 Å². The van der Waals surface area contributed by atoms with E-state index in [2.05, 4.69) is 4.99 Å². The van der Waals surface area contributed by atoms with Crippen LogP contribution in [0.1, 0.15) is 72.3 Å². The lowest BCUT2D eigenvalue weighted by Gasteiger charge is -2.32. The molecule has 1 amide bonds. The van der Waals surface area contributed by atoms with Crippen LogP contribution in [0.3, 0.4) is 0 Å². The maximum absolute atomic E-state index is 13.2. The topological polar surface area (TPSA) is 97.7 Å². The first-order valence-corrected chi connectivity index (χ1v) is 15.6. The molecule has 0 unspecified atom stereocenters. The van der Waals surface area contributed by atoms with E-state index in [1.807, 2.05) is 42.3 Å². The van der Waals surface area contributed by atoms with E-state index in [1.165, 1.54) is 0 Å². The molecule has 5 rings (SSSR count). The largest absolute Gasteiger partial charge is 0.507 e. The fraction of sp³-hybridized carbons (Fsp3) is 0.441. The number of carbonyl (C=O) groups excluding carboxylic acids is 2. The summed E-state index contributed by atoms with van der Waals surface area (Å²) in [6, 6.07) is 12.9. The lowest BCUT2D eigenvalue weighted by molar-refractivity contribution is -0.144. The van der Waals surface area contributed by atoms with Gasteiger partial charge in [-0.25, -0.2) is 0 Å². The first kappa shape index (κ1) is 30.7. The number of aromatic hydroxyl groups is 1. The summed E-state index contributed by atoms with van der Waals surface area (Å²) in [7, 11) is 1.56. The van der Waals surface area contributed by atoms with Crippen LogP contribution in [-0.2, 0) is 9.53 Å². The van der Waals surface area contributed by atoms with Crippen LogP contribution >= 0.6 is 11.6 Å². The zero-order valence-electron chi connectivity index (χ0n) is 24.8. The van der Waals surface area contributed by atoms with Gasteiger partial charge in [-0.1, -0.05) is 24.3 Å². The fourth-order valence-electron chi connectivity index (χ4n) is 6.04. The summed E-state index contributed by atoms with van der Waals surface area (Å²) in [6.07, 6.45) is 7.42. The molecule has 3 aromatic carbocycles. The summed E-state index contributed by atoms with van der Waals surface area (Å²) in [6.45, 7) is 3.30. The molecule has 1 fully saturated rings. The molecule has 0 radical (unpaired) electrons. The van der Waals surface area contributed by atoms with Crippen molar-refractivity contribution in [1.29, 1.82) is 0 Å². The van der Waals surface area contributed by atoms with Gasteiger partial charge in [-0.05, 0) is 74.1 Å². The number of aliphatic imine (C=N–C) groups is 1. The van der Waals surface area contributed by atoms with Crippen molar-refractivity contribution in [2.75, 3.05) is 32.7 Å². The van der Waals surface area contributed by atoms with Crippen molar-refractivity contribution in [3.8, 4) is 17.2 Å². The molecule has 0 saturated carbocycles. The second-order valence-corrected chi connectivity index (χ2v) is 11.5. The summed E-state index contributed by atoms with van der Waals surface area (Å²) in [5, 5.41) is 12.0. The first-order valence-electron chi connectivity index (χ1n) is 15.0. The minimum atomic E-state index is -0.261. The maximum atomic E-state index is 13.2. The Kier molecular flexibility index (Phi) is 10.1. The van der Waals surface area contributed by atoms with E-state index < -0.39 is 0 Å². The number of carbonyl (C=O) groups is 2. The van der Waals surface area contributed by atoms with E-state index in [0.29, 0.717) is 48.1 Å². The summed E-state index contributed by atoms with van der Waals surface area (Å²) in [5.74, 6) is 1.12. The molecule has 0 bridgehead atoms. The Morgan fingerprint density at radius 3 is 2.72 bits per heavy atom. The standard InChI is InChI=1S/C34H39ClN2O6/c1-22-16-29(38)25-11-5-6-12-26(25)33(22)23(19-35)21-43-32(39)13-4-3-9-15-42-31-18-28-27(17-30(31)41-2)34(40)37-14-8-7-10-24(37)20-36-28/h5-6,11-12,16-18,20,23-24,38H,3-4,7-10,13-15,19,21H2,1-2H3/t23-,24+/m1/s1. The number of hydrogen-bond acceptors (Lipinski definition) is 7. The molecule has 1 saturated heterocycles. The number of phenolic OH excluding ortho intramolecular Hbond substituents is 1. The molecule has 1 N–H and O–H groups in total. The molecule has 2 aliphatic rings. The monoisotopic (exact) mass is 606 g/mol. The Balaban J connectivity index is 1.09. The molecule has 3 aromatic rings. The lowest BCUT2D eigenvalue weighted by atomic mass is 9.90. The molecular formula is C34H39ClN2O6. The van der Waals surface area contributed by atoms with Crippen molar-refractivity contribution in [3.63, 3.8) is 0 Å². The van der Waals surface area contributed by atoms with E-state index in [0.717, 1.165) is 60.5 Å². The maximum Gasteiger partial charge on any atom is 0.305 e. The third-order valence-corrected chi connectivity index (χ3v) is 8.67. The Hall–Kier alpha value is -3.78. The number of fused-ring (bicyclic) bond motifs is 3. The first-order chi connectivity index (χ1) is 20.9. The van der Waals surface area contributed by atoms with Crippen molar-refractivity contribution < 1.29 is 28.9 Å². The molecule has 2 atom stereocenters. The highest BCUT2D eigenvalue weighted by Gasteiger charge is 2.31. The summed E-state index contributed by atoms with van der Waals surface area (Å²) in [5.41, 5.74) is 3.04. The number of methoxy groups -OCH3 is 1. The van der Waals surface area contributed by atoms with Gasteiger partial charge in [0.25, 0.3) is 5.91 Å². The molecule has 8 nitrogen and oxygen atoms in total. The second-order valence-electron chi connectivity index (χ2n) is 11.2. The Bertz CT molecular complexity index is 1510. The predicted octanol–water partition coefficient (Wildman–Crippen LogP) is 7.08. The molecule has 0 aliphatic carbocycles. The van der Waals surface area contributed by atoms with Crippen LogP contribution in [0.25, 0.3) is 10.8 Å². The summed E-state index contributed by atoms with van der Waals surface area (Å²) in [4.78, 5) is 32.2. The number of benzene rings is 3. The number of hydrogen-bond donors (Lipinski definition) is 1. The van der Waals surface area contributed by atoms with Gasteiger partial charge in [0.05, 0.1) is 37.6 Å². The average Bonchev–Trinajstić information content (AvgIpc) is 3.15. The van der Waals surface area contributed by atoms with Gasteiger partial charge in [-0.3, -0.25) is 14.6 Å². The van der Waals surface area contributed by atoms with Gasteiger partial charge >= 0.3 is 5.97 Å². The highest BCUT2D eigenvalue weighted by molar-refractivity contribution is 6.18. The number of alkyl halides is 1. The van der Waals surface area contributed by atoms with Gasteiger partial charge in [0.1, 0.15) is 5.75 Å². The van der Waals surface area contributed by atoms with Crippen molar-refractivity contribution in [3.05, 3.63) is 59.2 Å². The summed E-state index contributed by atoms with van der Waals surface area (Å²) >= 11 is 6.31. The minimum absolute atomic E-state index is 0.0159. The number of unbranched alkanes of at least 4 members (excludes halogenated alkanes) is 2. The number of phenols is 1. The number of piperidine rings is 1. The highest BCUT2D eigenvalue weighted by Crippen LogP contribution is 2.38. The van der Waals surface area contributed by atoms with Gasteiger partial charge in [0.15, 0.2) is 11.5 Å². The predicted molar refractivity (Wildman–Crippen MR) is 169 cm³/mol. The number of ether oxygens (including phenoxy) is 3. The van der Waals surface area contributed by atoms with Crippen molar-refractivity contribution in [2.45, 2.75) is 63.8 Å². The van der Waals surface area contributed by atoms with Crippen molar-refractivity contribution >= 4 is 46.2 Å². The van der Waals surface area contributed by atoms with Crippen LogP contribution in [-0.4, -0.2) is 66.9 Å². The average molecular weight is 607 g/mol. The molecule has 0 aromatic heterocycles. The van der Waals surface area contributed by atoms with Gasteiger partial charge in [-0.2, -0.15) is 0 Å². The van der Waals surface area contributed by atoms with Gasteiger partial charge < -0.3 is 24.2 Å². The van der Waals surface area contributed by atoms with Crippen LogP contribution in [0.5, 0.6) is 17.2 Å². The normalized spacial score (nSPS) is 16.8. The van der Waals surface area contributed by atoms with Crippen LogP contribution in [0.2, 0.25) is 0 Å². The number of esters is 1. The fourth-order valence-corrected chi connectivity index (χ4v) is 6.29. The molecule has 2 heterocycles. The minimum Gasteiger partial charge on any atom is -0.507 e. The molecule has 0 spiro atoms. The zero-order chi connectivity index (χ0) is 30.3. The Morgan fingerprint density at radius 2 is 1.93 bits per heavy atom. The Labute approximate surface area is 257 Å². The number of nitrogens with zero attached hydrogens (tertiary/aromatic N) is 2. The highest BCUT2D eigenvalue weighted by atomic mass is 35.5. The van der Waals surface area contributed by atoms with Crippen LogP contribution < -0.4 is 9.47 Å². The van der Waals surface area contributed by atoms with Gasteiger partial charge in [0, 0.05) is 42.4 Å². The SMILES string of the molecule is COc1cc2c(cc1OCCCCCC(=O)OC[C@@H](CCl)c1c(C)cc(O)c3ccccc13)N=C[C@@H]1CCCCN1C2=O. The van der Waals surface area contributed by atoms with Crippen LogP contribution in [0, 0.1) is 6.92 Å². The van der Waals surface area contributed by atoms with Crippen molar-refractivity contribution in [1.82, 2.24) is 4.90 Å². The van der Waals surface area contributed by atoms with Gasteiger partial charge in [-0.15, -0.1) is 11.6 Å². The third kappa shape index (κ3) is 6.90. The quantitative estimate of drug-likeness (QED) is 0.134. The van der Waals surface area contributed by atoms with E-state index in [-0.39, 0.29) is 36.2 Å². The lowest BCUT2D eigenvalue weighted by Crippen LogP contribution is -2.43. The Morgan fingerprint density at radius 1 is 1.12 bits per heavy atom. The molecular weight excluding hydrogens is 568 g/mol. The van der Waals surface area contributed by atoms with E-state index in [4.69, 9.17) is 25.8 Å². The second kappa shape index (κ2) is 14.1. The van der Waals surface area contributed by atoms with Crippen molar-refractivity contribution in [2.24, 2.45) is 4.99 Å². The number of rotatable bonds is 12. The molecule has 43 heavy (non-hydrogen) atoms. The molecule has 9 heteroatoms. The van der Waals surface area contributed by atoms with E-state index in [1.54, 1.807) is 25.3 Å². The van der Waals surface area contributed by atoms with Gasteiger partial charge in [0.2, 0.25) is 0 Å².